The van der Waals surface area contributed by atoms with Crippen LogP contribution in [0, 0.1) is 16.0 Å². The van der Waals surface area contributed by atoms with Crippen LogP contribution in [0.25, 0.3) is 0 Å². The van der Waals surface area contributed by atoms with Gasteiger partial charge in [0.1, 0.15) is 12.1 Å². The molecule has 2 aromatic rings. The third-order valence-electron chi connectivity index (χ3n) is 4.82. The van der Waals surface area contributed by atoms with Crippen molar-refractivity contribution in [1.29, 1.82) is 0 Å². The highest BCUT2D eigenvalue weighted by molar-refractivity contribution is 5.63. The van der Waals surface area contributed by atoms with Crippen molar-refractivity contribution in [3.8, 4) is 11.6 Å². The van der Waals surface area contributed by atoms with E-state index in [1.807, 2.05) is 11.0 Å². The lowest BCUT2D eigenvalue weighted by Crippen LogP contribution is -2.36. The number of nitrogens with zero attached hydrogens (tertiary/aromatic N) is 4. The zero-order chi connectivity index (χ0) is 19.8. The van der Waals surface area contributed by atoms with Crippen LogP contribution in [0.3, 0.4) is 0 Å². The quantitative estimate of drug-likeness (QED) is 0.362. The lowest BCUT2D eigenvalue weighted by atomic mass is 9.98. The van der Waals surface area contributed by atoms with Gasteiger partial charge in [0, 0.05) is 26.3 Å². The van der Waals surface area contributed by atoms with Crippen molar-refractivity contribution >= 4 is 11.5 Å². The van der Waals surface area contributed by atoms with Crippen LogP contribution in [0.5, 0.6) is 11.6 Å². The largest absolute Gasteiger partial charge is 0.434 e. The van der Waals surface area contributed by atoms with Crippen molar-refractivity contribution in [2.24, 2.45) is 5.92 Å². The highest BCUT2D eigenvalue weighted by Gasteiger charge is 2.31. The van der Waals surface area contributed by atoms with Crippen LogP contribution in [0.2, 0.25) is 0 Å². The summed E-state index contributed by atoms with van der Waals surface area (Å²) in [5.74, 6) is 1.26. The van der Waals surface area contributed by atoms with E-state index in [0.717, 1.165) is 38.9 Å². The molecule has 0 amide bonds. The zero-order valence-electron chi connectivity index (χ0n) is 16.1. The molecule has 1 aliphatic heterocycles. The molecule has 150 valence electrons. The smallest absolute Gasteiger partial charge is 0.373 e. The standard InChI is InChI=1S/C20H26N4O4/c1-2-3-13-27-14-16-9-11-23(12-10-16)19-18(24(25)26)20(22-15-21-19)28-17-7-5-4-6-8-17/h4-8,15-16H,2-3,9-14H2,1H3. The fourth-order valence-electron chi connectivity index (χ4n) is 3.23. The number of ether oxygens (including phenoxy) is 2. The molecule has 1 aliphatic rings. The van der Waals surface area contributed by atoms with Crippen molar-refractivity contribution in [2.45, 2.75) is 32.6 Å². The first-order valence-electron chi connectivity index (χ1n) is 9.74. The van der Waals surface area contributed by atoms with Gasteiger partial charge in [-0.3, -0.25) is 10.1 Å². The second kappa shape index (κ2) is 9.98. The number of benzene rings is 1. The van der Waals surface area contributed by atoms with Crippen LogP contribution in [0.1, 0.15) is 32.6 Å². The Morgan fingerprint density at radius 2 is 1.96 bits per heavy atom. The Labute approximate surface area is 164 Å². The molecule has 0 aliphatic carbocycles. The van der Waals surface area contributed by atoms with Crippen molar-refractivity contribution in [3.63, 3.8) is 0 Å². The average Bonchev–Trinajstić information content (AvgIpc) is 2.72. The second-order valence-electron chi connectivity index (χ2n) is 6.88. The molecule has 0 N–H and O–H groups in total. The highest BCUT2D eigenvalue weighted by Crippen LogP contribution is 2.37. The topological polar surface area (TPSA) is 90.6 Å². The lowest BCUT2D eigenvalue weighted by Gasteiger charge is -2.32. The van der Waals surface area contributed by atoms with Crippen LogP contribution in [-0.4, -0.2) is 41.2 Å². The third kappa shape index (κ3) is 5.16. The van der Waals surface area contributed by atoms with Crippen molar-refractivity contribution in [3.05, 3.63) is 46.8 Å². The van der Waals surface area contributed by atoms with Gasteiger partial charge in [0.05, 0.1) is 4.92 Å². The Hall–Kier alpha value is -2.74. The van der Waals surface area contributed by atoms with Crippen molar-refractivity contribution in [2.75, 3.05) is 31.2 Å². The Balaban J connectivity index is 1.69. The normalized spacial score (nSPS) is 14.8. The minimum atomic E-state index is -0.465. The maximum Gasteiger partial charge on any atom is 0.373 e. The maximum atomic E-state index is 11.7. The third-order valence-corrected chi connectivity index (χ3v) is 4.82. The lowest BCUT2D eigenvalue weighted by molar-refractivity contribution is -0.385. The molecule has 3 rings (SSSR count). The fraction of sp³-hybridized carbons (Fsp3) is 0.500. The van der Waals surface area contributed by atoms with E-state index in [0.29, 0.717) is 30.6 Å². The number of piperidine rings is 1. The number of aromatic nitrogens is 2. The molecular formula is C20H26N4O4. The monoisotopic (exact) mass is 386 g/mol. The van der Waals surface area contributed by atoms with Gasteiger partial charge in [-0.05, 0) is 37.3 Å². The average molecular weight is 386 g/mol. The molecule has 0 saturated carbocycles. The summed E-state index contributed by atoms with van der Waals surface area (Å²) < 4.78 is 11.4. The Kier molecular flexibility index (Phi) is 7.13. The van der Waals surface area contributed by atoms with E-state index >= 15 is 0 Å². The summed E-state index contributed by atoms with van der Waals surface area (Å²) in [5, 5.41) is 11.7. The van der Waals surface area contributed by atoms with Crippen molar-refractivity contribution < 1.29 is 14.4 Å². The molecule has 1 aromatic heterocycles. The Morgan fingerprint density at radius 1 is 1.21 bits per heavy atom. The minimum Gasteiger partial charge on any atom is -0.434 e. The fourth-order valence-corrected chi connectivity index (χ4v) is 3.23. The first-order chi connectivity index (χ1) is 13.7. The summed E-state index contributed by atoms with van der Waals surface area (Å²) in [6.45, 7) is 5.09. The summed E-state index contributed by atoms with van der Waals surface area (Å²) in [6.07, 6.45) is 5.37. The molecule has 8 nitrogen and oxygen atoms in total. The number of anilines is 1. The van der Waals surface area contributed by atoms with Gasteiger partial charge in [0.15, 0.2) is 0 Å². The number of rotatable bonds is 9. The van der Waals surface area contributed by atoms with E-state index in [1.54, 1.807) is 24.3 Å². The van der Waals surface area contributed by atoms with Gasteiger partial charge in [-0.2, -0.15) is 4.98 Å². The van der Waals surface area contributed by atoms with E-state index < -0.39 is 4.92 Å². The molecule has 1 fully saturated rings. The maximum absolute atomic E-state index is 11.7. The zero-order valence-corrected chi connectivity index (χ0v) is 16.1. The Bertz CT molecular complexity index is 764. The van der Waals surface area contributed by atoms with Gasteiger partial charge in [-0.25, -0.2) is 4.98 Å². The summed E-state index contributed by atoms with van der Waals surface area (Å²) in [4.78, 5) is 21.4. The number of nitro groups is 1. The van der Waals surface area contributed by atoms with Crippen LogP contribution >= 0.6 is 0 Å². The summed E-state index contributed by atoms with van der Waals surface area (Å²) >= 11 is 0. The van der Waals surface area contributed by atoms with Gasteiger partial charge >= 0.3 is 11.6 Å². The molecule has 8 heteroatoms. The van der Waals surface area contributed by atoms with E-state index in [-0.39, 0.29) is 11.6 Å². The SMILES string of the molecule is CCCCOCC1CCN(c2ncnc(Oc3ccccc3)c2[N+](=O)[O-])CC1. The van der Waals surface area contributed by atoms with E-state index in [4.69, 9.17) is 9.47 Å². The van der Waals surface area contributed by atoms with Crippen molar-refractivity contribution in [1.82, 2.24) is 9.97 Å². The second-order valence-corrected chi connectivity index (χ2v) is 6.88. The van der Waals surface area contributed by atoms with Crippen LogP contribution in [0.15, 0.2) is 36.7 Å². The minimum absolute atomic E-state index is 0.0359. The molecule has 28 heavy (non-hydrogen) atoms. The number of para-hydroxylation sites is 1. The molecule has 1 saturated heterocycles. The van der Waals surface area contributed by atoms with Gasteiger partial charge in [-0.15, -0.1) is 0 Å². The molecule has 1 aromatic carbocycles. The molecule has 0 unspecified atom stereocenters. The number of hydrogen-bond donors (Lipinski definition) is 0. The molecule has 0 atom stereocenters. The molecule has 0 radical (unpaired) electrons. The van der Waals surface area contributed by atoms with E-state index in [2.05, 4.69) is 16.9 Å². The van der Waals surface area contributed by atoms with Crippen LogP contribution < -0.4 is 9.64 Å². The van der Waals surface area contributed by atoms with E-state index in [1.165, 1.54) is 6.33 Å². The summed E-state index contributed by atoms with van der Waals surface area (Å²) in [6, 6.07) is 8.92. The number of hydrogen-bond acceptors (Lipinski definition) is 7. The highest BCUT2D eigenvalue weighted by atomic mass is 16.6. The summed E-state index contributed by atoms with van der Waals surface area (Å²) in [7, 11) is 0. The first-order valence-corrected chi connectivity index (χ1v) is 9.74. The summed E-state index contributed by atoms with van der Waals surface area (Å²) in [5.41, 5.74) is -0.191. The van der Waals surface area contributed by atoms with E-state index in [9.17, 15) is 10.1 Å². The van der Waals surface area contributed by atoms with Crippen LogP contribution in [0.4, 0.5) is 11.5 Å². The van der Waals surface area contributed by atoms with Gasteiger partial charge in [0.2, 0.25) is 5.82 Å². The van der Waals surface area contributed by atoms with Gasteiger partial charge in [-0.1, -0.05) is 31.5 Å². The van der Waals surface area contributed by atoms with Gasteiger partial charge in [0.25, 0.3) is 0 Å². The number of unbranched alkanes of at least 4 members (excludes halogenated alkanes) is 1. The molecule has 2 heterocycles. The first kappa shape index (κ1) is 20.0. The van der Waals surface area contributed by atoms with Gasteiger partial charge < -0.3 is 14.4 Å². The predicted octanol–water partition coefficient (Wildman–Crippen LogP) is 4.21. The molecular weight excluding hydrogens is 360 g/mol. The predicted molar refractivity (Wildman–Crippen MR) is 106 cm³/mol. The molecule has 0 spiro atoms. The Morgan fingerprint density at radius 3 is 2.64 bits per heavy atom. The van der Waals surface area contributed by atoms with Crippen LogP contribution in [-0.2, 0) is 4.74 Å². The molecule has 0 bridgehead atoms.